The molecule has 2 heterocycles. The molecule has 3 atom stereocenters. The van der Waals surface area contributed by atoms with Crippen LogP contribution in [0.4, 0.5) is 18.9 Å². The van der Waals surface area contributed by atoms with E-state index in [-0.39, 0.29) is 31.6 Å². The van der Waals surface area contributed by atoms with Crippen molar-refractivity contribution in [1.29, 1.82) is 5.26 Å². The number of carbonyl (C=O) groups excluding carboxylic acids is 3. The summed E-state index contributed by atoms with van der Waals surface area (Å²) in [5.41, 5.74) is 4.66. The van der Waals surface area contributed by atoms with Gasteiger partial charge < -0.3 is 30.1 Å². The number of halogens is 4. The molecule has 3 unspecified atom stereocenters. The first kappa shape index (κ1) is 43.0. The Kier molecular flexibility index (Phi) is 12.1. The second-order valence-electron chi connectivity index (χ2n) is 15.3. The van der Waals surface area contributed by atoms with Gasteiger partial charge in [0.1, 0.15) is 30.2 Å². The molecule has 0 saturated heterocycles. The number of ether oxygens (including phenoxy) is 2. The molecule has 8 rings (SSSR count). The molecule has 322 valence electrons. The Balaban J connectivity index is 0.982. The van der Waals surface area contributed by atoms with Gasteiger partial charge in [0.05, 0.1) is 27.9 Å². The number of anilines is 1. The lowest BCUT2D eigenvalue weighted by Gasteiger charge is -2.37. The average Bonchev–Trinajstić information content (AvgIpc) is 3.30. The Bertz CT molecular complexity index is 2800. The average molecular weight is 885 g/mol. The van der Waals surface area contributed by atoms with Crippen LogP contribution in [0.5, 0.6) is 11.5 Å². The number of nitriles is 1. The molecule has 3 N–H and O–H groups in total. The highest BCUT2D eigenvalue weighted by atomic mass is 35.5. The Morgan fingerprint density at radius 2 is 1.56 bits per heavy atom. The van der Waals surface area contributed by atoms with Gasteiger partial charge in [0.25, 0.3) is 11.8 Å². The lowest BCUT2D eigenvalue weighted by Crippen LogP contribution is -2.56. The third-order valence-electron chi connectivity index (χ3n) is 11.0. The standard InChI is InChI=1S/C49H36ClF3N4O7/c50-39-19-10-30(20-38(39)49(51,52)53)27-63-37-17-15-33(16-18-37)44-46(59)55-40-22-35-23-42(57(26-36(35)24-43(40)64-44)47(60)34-4-2-1-3-5-34)45(58)56-41(48(61)62)21-28-6-11-31(12-7-28)32-13-8-29(25-54)9-14-32/h1-20,22,24,41-42,44H,21,23,26-27H2,(H,55,59)(H,56,58)(H,61,62). The minimum atomic E-state index is -4.62. The maximum absolute atomic E-state index is 14.1. The summed E-state index contributed by atoms with van der Waals surface area (Å²) in [5.74, 6) is -2.19. The number of benzene rings is 6. The van der Waals surface area contributed by atoms with Crippen molar-refractivity contribution in [3.63, 3.8) is 0 Å². The first-order valence-corrected chi connectivity index (χ1v) is 20.3. The molecular weight excluding hydrogens is 849 g/mol. The van der Waals surface area contributed by atoms with Gasteiger partial charge in [-0.2, -0.15) is 18.4 Å². The first-order chi connectivity index (χ1) is 30.7. The number of nitrogens with one attached hydrogen (secondary N) is 2. The van der Waals surface area contributed by atoms with E-state index in [0.29, 0.717) is 50.6 Å². The number of carbonyl (C=O) groups is 4. The number of carboxylic acids is 1. The van der Waals surface area contributed by atoms with Crippen molar-refractivity contribution >= 4 is 41.0 Å². The van der Waals surface area contributed by atoms with Crippen LogP contribution in [0.15, 0.2) is 133 Å². The summed E-state index contributed by atoms with van der Waals surface area (Å²) < 4.78 is 51.9. The topological polar surface area (TPSA) is 158 Å². The third kappa shape index (κ3) is 9.40. The van der Waals surface area contributed by atoms with E-state index >= 15 is 0 Å². The minimum Gasteiger partial charge on any atom is -0.489 e. The van der Waals surface area contributed by atoms with E-state index in [1.807, 2.05) is 24.3 Å². The number of rotatable bonds is 11. The lowest BCUT2D eigenvalue weighted by molar-refractivity contribution is -0.142. The molecular formula is C49H36ClF3N4O7. The van der Waals surface area contributed by atoms with Crippen LogP contribution in [-0.4, -0.2) is 45.8 Å². The second-order valence-corrected chi connectivity index (χ2v) is 15.7. The third-order valence-corrected chi connectivity index (χ3v) is 11.4. The van der Waals surface area contributed by atoms with Gasteiger partial charge in [-0.3, -0.25) is 14.4 Å². The highest BCUT2D eigenvalue weighted by Gasteiger charge is 2.39. The summed E-state index contributed by atoms with van der Waals surface area (Å²) in [7, 11) is 0. The van der Waals surface area contributed by atoms with Gasteiger partial charge in [0, 0.05) is 30.5 Å². The zero-order valence-electron chi connectivity index (χ0n) is 33.6. The van der Waals surface area contributed by atoms with Crippen molar-refractivity contribution in [2.24, 2.45) is 0 Å². The molecule has 0 bridgehead atoms. The van der Waals surface area contributed by atoms with Crippen LogP contribution in [0.25, 0.3) is 11.1 Å². The summed E-state index contributed by atoms with van der Waals surface area (Å²) >= 11 is 5.74. The molecule has 0 fully saturated rings. The van der Waals surface area contributed by atoms with Gasteiger partial charge in [-0.15, -0.1) is 0 Å². The van der Waals surface area contributed by atoms with E-state index in [1.165, 1.54) is 11.0 Å². The summed E-state index contributed by atoms with van der Waals surface area (Å²) in [5, 5.41) is 24.5. The smallest absolute Gasteiger partial charge is 0.417 e. The van der Waals surface area contributed by atoms with Gasteiger partial charge in [0.2, 0.25) is 12.0 Å². The number of alkyl halides is 3. The van der Waals surface area contributed by atoms with E-state index in [2.05, 4.69) is 16.7 Å². The minimum absolute atomic E-state index is 0.00689. The van der Waals surface area contributed by atoms with Crippen molar-refractivity contribution in [3.8, 4) is 28.7 Å². The zero-order valence-corrected chi connectivity index (χ0v) is 34.3. The highest BCUT2D eigenvalue weighted by Crippen LogP contribution is 2.40. The molecule has 6 aromatic rings. The fourth-order valence-electron chi connectivity index (χ4n) is 7.66. The van der Waals surface area contributed by atoms with Gasteiger partial charge in [-0.05, 0) is 94.0 Å². The van der Waals surface area contributed by atoms with E-state index in [9.17, 15) is 37.5 Å². The number of carboxylic acid groups (broad SMARTS) is 1. The van der Waals surface area contributed by atoms with E-state index in [0.717, 1.165) is 23.3 Å². The molecule has 64 heavy (non-hydrogen) atoms. The van der Waals surface area contributed by atoms with Crippen LogP contribution in [0, 0.1) is 11.3 Å². The van der Waals surface area contributed by atoms with Crippen molar-refractivity contribution in [1.82, 2.24) is 10.2 Å². The summed E-state index contributed by atoms with van der Waals surface area (Å²) in [6, 6.07) is 35.6. The maximum Gasteiger partial charge on any atom is 0.417 e. The van der Waals surface area contributed by atoms with Gasteiger partial charge in [-0.1, -0.05) is 84.4 Å². The lowest BCUT2D eigenvalue weighted by atomic mass is 9.91. The van der Waals surface area contributed by atoms with Crippen LogP contribution >= 0.6 is 11.6 Å². The molecule has 2 aliphatic heterocycles. The van der Waals surface area contributed by atoms with Crippen LogP contribution in [-0.2, 0) is 46.6 Å². The van der Waals surface area contributed by atoms with Crippen molar-refractivity contribution in [3.05, 3.63) is 183 Å². The molecule has 2 aliphatic rings. The number of hydrogen-bond acceptors (Lipinski definition) is 7. The van der Waals surface area contributed by atoms with Crippen molar-refractivity contribution < 1.29 is 46.9 Å². The number of fused-ring (bicyclic) bond motifs is 2. The van der Waals surface area contributed by atoms with Crippen LogP contribution in [0.1, 0.15) is 55.4 Å². The van der Waals surface area contributed by atoms with Crippen LogP contribution in [0.2, 0.25) is 5.02 Å². The fraction of sp³-hybridized carbons (Fsp3) is 0.163. The Morgan fingerprint density at radius 1 is 0.891 bits per heavy atom. The predicted octanol–water partition coefficient (Wildman–Crippen LogP) is 8.93. The van der Waals surface area contributed by atoms with Crippen LogP contribution < -0.4 is 20.1 Å². The second kappa shape index (κ2) is 18.0. The number of amides is 3. The van der Waals surface area contributed by atoms with Crippen molar-refractivity contribution in [2.75, 3.05) is 5.32 Å². The van der Waals surface area contributed by atoms with E-state index in [4.69, 9.17) is 26.3 Å². The molecule has 0 radical (unpaired) electrons. The van der Waals surface area contributed by atoms with E-state index in [1.54, 1.807) is 91.0 Å². The monoisotopic (exact) mass is 884 g/mol. The molecule has 0 aromatic heterocycles. The van der Waals surface area contributed by atoms with Gasteiger partial charge in [0.15, 0.2) is 0 Å². The predicted molar refractivity (Wildman–Crippen MR) is 229 cm³/mol. The summed E-state index contributed by atoms with van der Waals surface area (Å²) in [4.78, 5) is 55.6. The number of nitrogens with zero attached hydrogens (tertiary/aromatic N) is 2. The maximum atomic E-state index is 14.1. The fourth-order valence-corrected chi connectivity index (χ4v) is 7.89. The molecule has 0 spiro atoms. The molecule has 0 aliphatic carbocycles. The molecule has 3 amide bonds. The number of hydrogen-bond donors (Lipinski definition) is 3. The van der Waals surface area contributed by atoms with E-state index < -0.39 is 58.6 Å². The quantitative estimate of drug-likeness (QED) is 0.116. The molecule has 6 aromatic carbocycles. The highest BCUT2D eigenvalue weighted by molar-refractivity contribution is 6.31. The summed E-state index contributed by atoms with van der Waals surface area (Å²) in [6.07, 6.45) is -5.74. The first-order valence-electron chi connectivity index (χ1n) is 19.9. The zero-order chi connectivity index (χ0) is 45.1. The van der Waals surface area contributed by atoms with Crippen molar-refractivity contribution in [2.45, 2.75) is 50.4 Å². The van der Waals surface area contributed by atoms with Gasteiger partial charge >= 0.3 is 12.1 Å². The SMILES string of the molecule is N#Cc1ccc(-c2ccc(CC(NC(=O)C3Cc4cc5c(cc4CN3C(=O)c3ccccc3)OC(c3ccc(OCc4ccc(Cl)c(C(F)(F)F)c4)cc3)C(=O)N5)C(=O)O)cc2)cc1. The Hall–Kier alpha value is -7.63. The molecule has 0 saturated carbocycles. The Labute approximate surface area is 369 Å². The van der Waals surface area contributed by atoms with Crippen LogP contribution in [0.3, 0.4) is 0 Å². The molecule has 11 nitrogen and oxygen atoms in total. The number of aliphatic carboxylic acids is 1. The largest absolute Gasteiger partial charge is 0.489 e. The Morgan fingerprint density at radius 3 is 2.22 bits per heavy atom. The van der Waals surface area contributed by atoms with Gasteiger partial charge in [-0.25, -0.2) is 4.79 Å². The molecule has 15 heteroatoms. The normalized spacial score (nSPS) is 15.9. The summed E-state index contributed by atoms with van der Waals surface area (Å²) in [6.45, 7) is -0.197.